The summed E-state index contributed by atoms with van der Waals surface area (Å²) in [5.41, 5.74) is 6.65. The van der Waals surface area contributed by atoms with Gasteiger partial charge in [0.15, 0.2) is 0 Å². The molecule has 1 rings (SSSR count). The van der Waals surface area contributed by atoms with Crippen LogP contribution in [0, 0.1) is 18.3 Å². The van der Waals surface area contributed by atoms with Gasteiger partial charge in [-0.15, -0.1) is 0 Å². The first-order valence-electron chi connectivity index (χ1n) is 4.93. The monoisotopic (exact) mass is 238 g/mol. The number of rotatable bonds is 3. The zero-order chi connectivity index (χ0) is 12.3. The summed E-state index contributed by atoms with van der Waals surface area (Å²) in [7, 11) is 0. The maximum absolute atomic E-state index is 8.80. The largest absolute Gasteiger partial charge is 0.367 e. The van der Waals surface area contributed by atoms with Gasteiger partial charge < -0.3 is 11.1 Å². The predicted molar refractivity (Wildman–Crippen MR) is 65.5 cm³/mol. The van der Waals surface area contributed by atoms with Gasteiger partial charge in [-0.25, -0.2) is 4.98 Å². The van der Waals surface area contributed by atoms with E-state index < -0.39 is 0 Å². The first kappa shape index (κ1) is 12.8. The molecule has 1 aromatic heterocycles. The van der Waals surface area contributed by atoms with E-state index in [1.807, 2.05) is 19.9 Å². The van der Waals surface area contributed by atoms with E-state index in [1.54, 1.807) is 13.0 Å². The van der Waals surface area contributed by atoms with Crippen molar-refractivity contribution in [1.82, 2.24) is 4.98 Å². The Morgan fingerprint density at radius 3 is 2.75 bits per heavy atom. The Morgan fingerprint density at radius 1 is 1.62 bits per heavy atom. The molecule has 0 aliphatic heterocycles. The number of nitrogens with zero attached hydrogens (tertiary/aromatic N) is 2. The smallest absolute Gasteiger partial charge is 0.145 e. The number of halogens is 1. The van der Waals surface area contributed by atoms with Gasteiger partial charge in [0.1, 0.15) is 11.9 Å². The van der Waals surface area contributed by atoms with Crippen LogP contribution in [0.25, 0.3) is 0 Å². The van der Waals surface area contributed by atoms with E-state index in [9.17, 15) is 0 Å². The summed E-state index contributed by atoms with van der Waals surface area (Å²) in [6, 6.07) is 3.64. The van der Waals surface area contributed by atoms with Gasteiger partial charge in [-0.1, -0.05) is 11.6 Å². The number of pyridine rings is 1. The van der Waals surface area contributed by atoms with E-state index in [-0.39, 0.29) is 5.54 Å². The van der Waals surface area contributed by atoms with Crippen LogP contribution in [0.4, 0.5) is 5.82 Å². The summed E-state index contributed by atoms with van der Waals surface area (Å²) >= 11 is 5.99. The number of nitriles is 1. The van der Waals surface area contributed by atoms with Gasteiger partial charge in [0, 0.05) is 12.1 Å². The fourth-order valence-electron chi connectivity index (χ4n) is 1.13. The van der Waals surface area contributed by atoms with Crippen molar-refractivity contribution >= 4 is 17.4 Å². The van der Waals surface area contributed by atoms with Crippen molar-refractivity contribution in [3.63, 3.8) is 0 Å². The summed E-state index contributed by atoms with van der Waals surface area (Å²) in [6.07, 6.45) is 0. The van der Waals surface area contributed by atoms with Crippen molar-refractivity contribution in [3.05, 3.63) is 22.3 Å². The highest BCUT2D eigenvalue weighted by molar-refractivity contribution is 6.33. The molecule has 0 radical (unpaired) electrons. The molecule has 0 aliphatic carbocycles. The lowest BCUT2D eigenvalue weighted by atomic mass is 10.1. The van der Waals surface area contributed by atoms with Crippen molar-refractivity contribution in [2.45, 2.75) is 26.3 Å². The first-order valence-corrected chi connectivity index (χ1v) is 5.31. The van der Waals surface area contributed by atoms with Crippen LogP contribution in [0.3, 0.4) is 0 Å². The Labute approximate surface area is 100 Å². The van der Waals surface area contributed by atoms with Crippen LogP contribution in [-0.4, -0.2) is 17.1 Å². The van der Waals surface area contributed by atoms with Crippen LogP contribution in [0.1, 0.15) is 25.1 Å². The van der Waals surface area contributed by atoms with Crippen LogP contribution in [-0.2, 0) is 0 Å². The maximum Gasteiger partial charge on any atom is 0.145 e. The Bertz CT molecular complexity index is 429. The second-order valence-electron chi connectivity index (χ2n) is 4.41. The van der Waals surface area contributed by atoms with Gasteiger partial charge in [0.25, 0.3) is 0 Å². The van der Waals surface area contributed by atoms with Gasteiger partial charge in [0.05, 0.1) is 16.3 Å². The van der Waals surface area contributed by atoms with Gasteiger partial charge in [0.2, 0.25) is 0 Å². The second-order valence-corrected chi connectivity index (χ2v) is 4.81. The third kappa shape index (κ3) is 3.37. The quantitative estimate of drug-likeness (QED) is 0.845. The topological polar surface area (TPSA) is 74.7 Å². The highest BCUT2D eigenvalue weighted by Gasteiger charge is 2.13. The molecule has 3 N–H and O–H groups in total. The summed E-state index contributed by atoms with van der Waals surface area (Å²) in [5, 5.41) is 12.3. The van der Waals surface area contributed by atoms with E-state index in [1.165, 1.54) is 0 Å². The van der Waals surface area contributed by atoms with Crippen LogP contribution >= 0.6 is 11.6 Å². The number of anilines is 1. The van der Waals surface area contributed by atoms with Crippen LogP contribution < -0.4 is 11.1 Å². The third-order valence-electron chi connectivity index (χ3n) is 2.00. The predicted octanol–water partition coefficient (Wildman–Crippen LogP) is 2.06. The number of hydrogen-bond acceptors (Lipinski definition) is 4. The van der Waals surface area contributed by atoms with E-state index in [4.69, 9.17) is 22.6 Å². The zero-order valence-corrected chi connectivity index (χ0v) is 10.4. The van der Waals surface area contributed by atoms with Crippen molar-refractivity contribution in [3.8, 4) is 6.07 Å². The Morgan fingerprint density at radius 2 is 2.25 bits per heavy atom. The minimum atomic E-state index is -0.340. The molecule has 86 valence electrons. The molecule has 0 fully saturated rings. The molecule has 0 aromatic carbocycles. The molecule has 0 saturated heterocycles. The molecule has 0 amide bonds. The number of aryl methyl sites for hydroxylation is 1. The third-order valence-corrected chi connectivity index (χ3v) is 2.29. The van der Waals surface area contributed by atoms with Crippen molar-refractivity contribution in [1.29, 1.82) is 5.26 Å². The molecular formula is C11H15ClN4. The maximum atomic E-state index is 8.80. The standard InChI is InChI=1S/C11H15ClN4/c1-7-8(5-13)4-9(12)10(16-7)15-6-11(2,3)14/h4H,6,14H2,1-3H3,(H,15,16). The normalized spacial score (nSPS) is 11.0. The van der Waals surface area contributed by atoms with Crippen molar-refractivity contribution in [2.24, 2.45) is 5.73 Å². The Kier molecular flexibility index (Phi) is 3.74. The molecule has 16 heavy (non-hydrogen) atoms. The molecular weight excluding hydrogens is 224 g/mol. The Balaban J connectivity index is 2.91. The highest BCUT2D eigenvalue weighted by Crippen LogP contribution is 2.22. The zero-order valence-electron chi connectivity index (χ0n) is 9.63. The molecule has 0 unspecified atom stereocenters. The van der Waals surface area contributed by atoms with E-state index >= 15 is 0 Å². The van der Waals surface area contributed by atoms with Crippen molar-refractivity contribution in [2.75, 3.05) is 11.9 Å². The lowest BCUT2D eigenvalue weighted by Gasteiger charge is -2.20. The van der Waals surface area contributed by atoms with E-state index in [0.717, 1.165) is 0 Å². The molecule has 4 nitrogen and oxygen atoms in total. The molecule has 0 spiro atoms. The lowest BCUT2D eigenvalue weighted by molar-refractivity contribution is 0.548. The molecule has 0 bridgehead atoms. The minimum absolute atomic E-state index is 0.340. The lowest BCUT2D eigenvalue weighted by Crippen LogP contribution is -2.39. The summed E-state index contributed by atoms with van der Waals surface area (Å²) in [5.74, 6) is 0.566. The minimum Gasteiger partial charge on any atom is -0.367 e. The summed E-state index contributed by atoms with van der Waals surface area (Å²) < 4.78 is 0. The highest BCUT2D eigenvalue weighted by atomic mass is 35.5. The SMILES string of the molecule is Cc1nc(NCC(C)(C)N)c(Cl)cc1C#N. The first-order chi connectivity index (χ1) is 7.33. The molecule has 0 saturated carbocycles. The fourth-order valence-corrected chi connectivity index (χ4v) is 1.35. The molecule has 1 aromatic rings. The van der Waals surface area contributed by atoms with Crippen LogP contribution in [0.5, 0.6) is 0 Å². The fraction of sp³-hybridized carbons (Fsp3) is 0.455. The second kappa shape index (κ2) is 4.69. The van der Waals surface area contributed by atoms with Gasteiger partial charge >= 0.3 is 0 Å². The van der Waals surface area contributed by atoms with Gasteiger partial charge in [-0.05, 0) is 26.8 Å². The summed E-state index contributed by atoms with van der Waals surface area (Å²) in [6.45, 7) is 6.15. The summed E-state index contributed by atoms with van der Waals surface area (Å²) in [4.78, 5) is 4.23. The molecule has 0 atom stereocenters. The van der Waals surface area contributed by atoms with Gasteiger partial charge in [-0.2, -0.15) is 5.26 Å². The Hall–Kier alpha value is -1.31. The van der Waals surface area contributed by atoms with E-state index in [0.29, 0.717) is 28.6 Å². The average molecular weight is 239 g/mol. The van der Waals surface area contributed by atoms with Gasteiger partial charge in [-0.3, -0.25) is 0 Å². The molecule has 0 aliphatic rings. The number of hydrogen-bond donors (Lipinski definition) is 2. The number of aromatic nitrogens is 1. The number of nitrogens with two attached hydrogens (primary N) is 1. The molecule has 1 heterocycles. The van der Waals surface area contributed by atoms with Crippen molar-refractivity contribution < 1.29 is 0 Å². The number of nitrogens with one attached hydrogen (secondary N) is 1. The van der Waals surface area contributed by atoms with E-state index in [2.05, 4.69) is 10.3 Å². The van der Waals surface area contributed by atoms with Crippen LogP contribution in [0.15, 0.2) is 6.07 Å². The van der Waals surface area contributed by atoms with Crippen LogP contribution in [0.2, 0.25) is 5.02 Å². The molecule has 5 heteroatoms. The average Bonchev–Trinajstić information content (AvgIpc) is 2.17.